The average Bonchev–Trinajstić information content (AvgIpc) is 3.41. The zero-order valence-corrected chi connectivity index (χ0v) is 23.8. The fraction of sp³-hybridized carbons (Fsp3) is 0.520. The molecule has 1 aromatic carbocycles. The van der Waals surface area contributed by atoms with Gasteiger partial charge in [-0.3, -0.25) is 4.90 Å². The topological polar surface area (TPSA) is 90.2 Å². The Morgan fingerprint density at radius 1 is 1.10 bits per heavy atom. The van der Waals surface area contributed by atoms with Crippen molar-refractivity contribution in [2.75, 3.05) is 18.8 Å². The number of nitrogen functional groups attached to an aromatic ring is 1. The molecule has 2 fully saturated rings. The average molecular weight is 597 g/mol. The van der Waals surface area contributed by atoms with E-state index in [2.05, 4.69) is 63.2 Å². The molecule has 39 heavy (non-hydrogen) atoms. The zero-order chi connectivity index (χ0) is 27.7. The van der Waals surface area contributed by atoms with E-state index in [1.165, 1.54) is 23.9 Å². The standard InChI is InChI=1S/C16H15F2N7S3.C9H16FN/c17-13(18)7-25-12-5-8(1-2-10(12)21-23-25)9-3-4-24-14(9)11(6-16(26,27)28)20-15(19)22-24;10-8-3-2-6-11(7-8)9-4-1-5-9/h1-5,13,26-28H,6-7H2,(H2,19,22);8-9H,1-7H2/t;8-/m.1/s1. The number of alkyl halides is 3. The summed E-state index contributed by atoms with van der Waals surface area (Å²) < 4.78 is 40.4. The summed E-state index contributed by atoms with van der Waals surface area (Å²) in [6, 6.07) is 7.94. The van der Waals surface area contributed by atoms with E-state index in [-0.39, 0.29) is 5.95 Å². The minimum absolute atomic E-state index is 0.110. The summed E-state index contributed by atoms with van der Waals surface area (Å²) in [6.07, 6.45) is 4.84. The number of hydrogen-bond acceptors (Lipinski definition) is 9. The summed E-state index contributed by atoms with van der Waals surface area (Å²) in [5.41, 5.74) is 9.78. The molecule has 0 amide bonds. The van der Waals surface area contributed by atoms with Crippen molar-refractivity contribution in [2.24, 2.45) is 0 Å². The second-order valence-electron chi connectivity index (χ2n) is 10.1. The highest BCUT2D eigenvalue weighted by atomic mass is 32.2. The molecule has 6 rings (SSSR count). The molecule has 1 atom stereocenters. The van der Waals surface area contributed by atoms with Gasteiger partial charge in [-0.1, -0.05) is 17.7 Å². The molecule has 1 aliphatic carbocycles. The van der Waals surface area contributed by atoms with Crippen molar-refractivity contribution < 1.29 is 13.2 Å². The van der Waals surface area contributed by atoms with E-state index in [9.17, 15) is 13.2 Å². The first kappa shape index (κ1) is 28.4. The Labute approximate surface area is 240 Å². The van der Waals surface area contributed by atoms with Crippen molar-refractivity contribution in [3.63, 3.8) is 0 Å². The number of anilines is 1. The number of hydrogen-bond donors (Lipinski definition) is 4. The van der Waals surface area contributed by atoms with E-state index >= 15 is 0 Å². The summed E-state index contributed by atoms with van der Waals surface area (Å²) in [7, 11) is 0. The van der Waals surface area contributed by atoms with Gasteiger partial charge in [-0.2, -0.15) is 37.9 Å². The molecule has 2 aliphatic rings. The molecule has 4 aromatic rings. The largest absolute Gasteiger partial charge is 0.367 e. The maximum atomic E-state index is 12.9. The van der Waals surface area contributed by atoms with Crippen molar-refractivity contribution in [1.29, 1.82) is 0 Å². The van der Waals surface area contributed by atoms with Gasteiger partial charge >= 0.3 is 0 Å². The van der Waals surface area contributed by atoms with Crippen molar-refractivity contribution in [1.82, 2.24) is 34.5 Å². The number of fused-ring (bicyclic) bond motifs is 2. The molecule has 8 nitrogen and oxygen atoms in total. The third kappa shape index (κ3) is 6.77. The van der Waals surface area contributed by atoms with Crippen LogP contribution in [0.1, 0.15) is 37.8 Å². The molecule has 0 spiro atoms. The molecule has 1 saturated carbocycles. The van der Waals surface area contributed by atoms with E-state index in [1.807, 2.05) is 12.1 Å². The summed E-state index contributed by atoms with van der Waals surface area (Å²) in [5.74, 6) is 0.110. The summed E-state index contributed by atoms with van der Waals surface area (Å²) in [4.78, 5) is 6.67. The number of thiol groups is 3. The molecule has 1 saturated heterocycles. The van der Waals surface area contributed by atoms with Crippen LogP contribution < -0.4 is 5.73 Å². The minimum Gasteiger partial charge on any atom is -0.367 e. The normalized spacial score (nSPS) is 18.9. The molecule has 0 radical (unpaired) electrons. The number of nitrogens with zero attached hydrogens (tertiary/aromatic N) is 7. The van der Waals surface area contributed by atoms with Gasteiger partial charge in [-0.25, -0.2) is 27.4 Å². The van der Waals surface area contributed by atoms with E-state index < -0.39 is 22.6 Å². The van der Waals surface area contributed by atoms with Crippen LogP contribution in [0, 0.1) is 0 Å². The second-order valence-corrected chi connectivity index (χ2v) is 13.4. The monoisotopic (exact) mass is 596 g/mol. The number of piperidine rings is 1. The molecule has 0 bridgehead atoms. The van der Waals surface area contributed by atoms with Crippen LogP contribution in [-0.2, 0) is 13.0 Å². The van der Waals surface area contributed by atoms with Crippen LogP contribution >= 0.6 is 37.9 Å². The van der Waals surface area contributed by atoms with Gasteiger partial charge in [-0.15, -0.1) is 10.2 Å². The number of nitrogens with two attached hydrogens (primary N) is 1. The lowest BCUT2D eigenvalue weighted by Gasteiger charge is -2.40. The molecule has 3 aromatic heterocycles. The molecule has 1 aliphatic heterocycles. The van der Waals surface area contributed by atoms with Gasteiger partial charge in [0.05, 0.1) is 16.7 Å². The van der Waals surface area contributed by atoms with Crippen molar-refractivity contribution in [3.8, 4) is 11.1 Å². The minimum atomic E-state index is -2.53. The zero-order valence-electron chi connectivity index (χ0n) is 21.2. The molecular formula is C25H31F3N8S3. The smallest absolute Gasteiger partial charge is 0.258 e. The maximum absolute atomic E-state index is 12.9. The third-order valence-corrected chi connectivity index (χ3v) is 7.60. The Morgan fingerprint density at radius 2 is 1.90 bits per heavy atom. The van der Waals surface area contributed by atoms with Crippen molar-refractivity contribution in [2.45, 2.75) is 67.1 Å². The molecular weight excluding hydrogens is 566 g/mol. The number of rotatable bonds is 6. The third-order valence-electron chi connectivity index (χ3n) is 7.13. The fourth-order valence-corrected chi connectivity index (χ4v) is 5.58. The fourth-order valence-electron chi connectivity index (χ4n) is 5.13. The van der Waals surface area contributed by atoms with Crippen LogP contribution in [0.5, 0.6) is 0 Å². The Balaban J connectivity index is 0.000000233. The highest BCUT2D eigenvalue weighted by Crippen LogP contribution is 2.34. The second kappa shape index (κ2) is 11.8. The van der Waals surface area contributed by atoms with Gasteiger partial charge in [-0.05, 0) is 56.0 Å². The van der Waals surface area contributed by atoms with E-state index in [0.717, 1.165) is 36.6 Å². The van der Waals surface area contributed by atoms with Gasteiger partial charge in [0, 0.05) is 30.8 Å². The van der Waals surface area contributed by atoms with Crippen LogP contribution in [0.2, 0.25) is 0 Å². The Hall–Kier alpha value is -2.16. The lowest BCUT2D eigenvalue weighted by molar-refractivity contribution is 0.0620. The van der Waals surface area contributed by atoms with Gasteiger partial charge in [0.15, 0.2) is 0 Å². The first-order chi connectivity index (χ1) is 18.6. The summed E-state index contributed by atoms with van der Waals surface area (Å²) >= 11 is 13.0. The summed E-state index contributed by atoms with van der Waals surface area (Å²) in [5, 5.41) is 11.9. The SMILES string of the molecule is F[C@@H]1CCCN(C2CCC2)C1.Nc1nc(CC(S)(S)S)c2c(-c3ccc4nnn(CC(F)F)c4c3)ccn2n1. The van der Waals surface area contributed by atoms with Gasteiger partial charge in [0.1, 0.15) is 21.6 Å². The van der Waals surface area contributed by atoms with Crippen LogP contribution in [0.25, 0.3) is 27.7 Å². The van der Waals surface area contributed by atoms with E-state index in [1.54, 1.807) is 22.8 Å². The molecule has 2 N–H and O–H groups in total. The molecule has 4 heterocycles. The Bertz CT molecular complexity index is 1430. The number of likely N-dealkylation sites (tertiary alicyclic amines) is 1. The quantitative estimate of drug-likeness (QED) is 0.186. The predicted octanol–water partition coefficient (Wildman–Crippen LogP) is 4.95. The first-order valence-electron chi connectivity index (χ1n) is 12.9. The van der Waals surface area contributed by atoms with E-state index in [0.29, 0.717) is 35.2 Å². The number of halogens is 3. The highest BCUT2D eigenvalue weighted by molar-refractivity contribution is 8.16. The van der Waals surface area contributed by atoms with Crippen molar-refractivity contribution >= 4 is 60.4 Å². The lowest BCUT2D eigenvalue weighted by Crippen LogP contribution is -2.46. The van der Waals surface area contributed by atoms with Crippen LogP contribution in [0.4, 0.5) is 19.1 Å². The van der Waals surface area contributed by atoms with Gasteiger partial charge in [0.2, 0.25) is 5.95 Å². The Kier molecular flexibility index (Phi) is 8.55. The molecule has 0 unspecified atom stereocenters. The van der Waals surface area contributed by atoms with E-state index in [4.69, 9.17) is 5.73 Å². The number of benzene rings is 1. The lowest BCUT2D eigenvalue weighted by atomic mass is 9.90. The summed E-state index contributed by atoms with van der Waals surface area (Å²) in [6.45, 7) is 1.33. The van der Waals surface area contributed by atoms with Crippen LogP contribution in [-0.4, -0.2) is 69.6 Å². The van der Waals surface area contributed by atoms with Crippen LogP contribution in [0.15, 0.2) is 30.5 Å². The highest BCUT2D eigenvalue weighted by Gasteiger charge is 2.29. The molecule has 210 valence electrons. The molecule has 14 heteroatoms. The maximum Gasteiger partial charge on any atom is 0.258 e. The van der Waals surface area contributed by atoms with Crippen molar-refractivity contribution in [3.05, 3.63) is 36.2 Å². The number of aromatic nitrogens is 6. The van der Waals surface area contributed by atoms with Gasteiger partial charge in [0.25, 0.3) is 6.43 Å². The van der Waals surface area contributed by atoms with Crippen LogP contribution in [0.3, 0.4) is 0 Å². The Morgan fingerprint density at radius 3 is 2.56 bits per heavy atom. The first-order valence-corrected chi connectivity index (χ1v) is 14.2. The van der Waals surface area contributed by atoms with Gasteiger partial charge < -0.3 is 5.73 Å². The predicted molar refractivity (Wildman–Crippen MR) is 157 cm³/mol.